The van der Waals surface area contributed by atoms with Crippen LogP contribution in [0.25, 0.3) is 0 Å². The van der Waals surface area contributed by atoms with Crippen molar-refractivity contribution in [3.05, 3.63) is 92.3 Å². The number of halogens is 2. The molecule has 2 aromatic carbocycles. The van der Waals surface area contributed by atoms with Crippen molar-refractivity contribution in [2.24, 2.45) is 0 Å². The summed E-state index contributed by atoms with van der Waals surface area (Å²) >= 11 is 11.9. The fourth-order valence-corrected chi connectivity index (χ4v) is 3.14. The van der Waals surface area contributed by atoms with E-state index in [9.17, 15) is 14.4 Å². The number of hydrogen-bond donors (Lipinski definition) is 1. The highest BCUT2D eigenvalue weighted by atomic mass is 35.5. The van der Waals surface area contributed by atoms with Crippen LogP contribution < -0.4 is 15.6 Å². The van der Waals surface area contributed by atoms with E-state index in [1.54, 1.807) is 37.3 Å². The third-order valence-electron chi connectivity index (χ3n) is 4.55. The Bertz CT molecular complexity index is 1180. The number of amides is 1. The van der Waals surface area contributed by atoms with Gasteiger partial charge in [-0.15, -0.1) is 0 Å². The van der Waals surface area contributed by atoms with Gasteiger partial charge in [-0.3, -0.25) is 9.59 Å². The number of esters is 1. The molecule has 1 unspecified atom stereocenters. The number of rotatable bonds is 9. The Morgan fingerprint density at radius 3 is 2.55 bits per heavy atom. The smallest absolute Gasteiger partial charge is 0.359 e. The second-order valence-electron chi connectivity index (χ2n) is 6.98. The standard InChI is InChI=1S/C23H21Cl2N3O5/c1-15(16-7-8-18(24)19(25)13-16)26-21(29)14-33-23(31)20-9-10-22(30)28(27-20)11-12-32-17-5-3-2-4-6-17/h2-10,13,15H,11-12,14H2,1H3,(H,26,29). The molecule has 3 aromatic rings. The molecule has 1 atom stereocenters. The lowest BCUT2D eigenvalue weighted by Crippen LogP contribution is -2.32. The summed E-state index contributed by atoms with van der Waals surface area (Å²) in [5.74, 6) is -0.682. The molecule has 0 saturated carbocycles. The minimum atomic E-state index is -0.829. The van der Waals surface area contributed by atoms with Gasteiger partial charge in [-0.05, 0) is 42.8 Å². The summed E-state index contributed by atoms with van der Waals surface area (Å²) in [5.41, 5.74) is 0.256. The van der Waals surface area contributed by atoms with E-state index in [0.717, 1.165) is 10.2 Å². The molecule has 8 nitrogen and oxygen atoms in total. The van der Waals surface area contributed by atoms with E-state index in [2.05, 4.69) is 10.4 Å². The lowest BCUT2D eigenvalue weighted by Gasteiger charge is -2.15. The summed E-state index contributed by atoms with van der Waals surface area (Å²) in [5, 5.41) is 7.48. The van der Waals surface area contributed by atoms with Crippen LogP contribution in [0, 0.1) is 0 Å². The van der Waals surface area contributed by atoms with Crippen LogP contribution >= 0.6 is 23.2 Å². The third kappa shape index (κ3) is 7.06. The summed E-state index contributed by atoms with van der Waals surface area (Å²) < 4.78 is 11.7. The highest BCUT2D eigenvalue weighted by Gasteiger charge is 2.16. The van der Waals surface area contributed by atoms with Crippen LogP contribution in [0.1, 0.15) is 29.0 Å². The molecule has 0 aliphatic carbocycles. The Kier molecular flexibility index (Phi) is 8.46. The number of aromatic nitrogens is 2. The zero-order valence-electron chi connectivity index (χ0n) is 17.7. The maximum absolute atomic E-state index is 12.3. The number of carbonyl (C=O) groups excluding carboxylic acids is 2. The normalized spacial score (nSPS) is 11.5. The maximum Gasteiger partial charge on any atom is 0.359 e. The van der Waals surface area contributed by atoms with Gasteiger partial charge in [-0.25, -0.2) is 9.48 Å². The minimum Gasteiger partial charge on any atom is -0.492 e. The van der Waals surface area contributed by atoms with Crippen molar-refractivity contribution in [3.63, 3.8) is 0 Å². The van der Waals surface area contributed by atoms with Crippen LogP contribution in [0.15, 0.2) is 65.5 Å². The molecule has 1 N–H and O–H groups in total. The van der Waals surface area contributed by atoms with Crippen LogP contribution in [-0.2, 0) is 16.1 Å². The van der Waals surface area contributed by atoms with Gasteiger partial charge in [-0.1, -0.05) is 47.5 Å². The maximum atomic E-state index is 12.3. The van der Waals surface area contributed by atoms with Crippen molar-refractivity contribution in [1.82, 2.24) is 15.1 Å². The van der Waals surface area contributed by atoms with Gasteiger partial charge in [0.05, 0.1) is 22.6 Å². The molecule has 3 rings (SSSR count). The van der Waals surface area contributed by atoms with Crippen molar-refractivity contribution in [2.75, 3.05) is 13.2 Å². The van der Waals surface area contributed by atoms with Crippen LogP contribution in [-0.4, -0.2) is 34.9 Å². The number of para-hydroxylation sites is 1. The summed E-state index contributed by atoms with van der Waals surface area (Å²) in [6.07, 6.45) is 0. The average Bonchev–Trinajstić information content (AvgIpc) is 2.81. The molecule has 0 radical (unpaired) electrons. The number of benzene rings is 2. The monoisotopic (exact) mass is 489 g/mol. The first-order chi connectivity index (χ1) is 15.8. The van der Waals surface area contributed by atoms with E-state index in [-0.39, 0.29) is 24.9 Å². The molecule has 1 aromatic heterocycles. The molecular formula is C23H21Cl2N3O5. The molecule has 10 heteroatoms. The van der Waals surface area contributed by atoms with Gasteiger partial charge >= 0.3 is 5.97 Å². The second-order valence-corrected chi connectivity index (χ2v) is 7.79. The lowest BCUT2D eigenvalue weighted by molar-refractivity contribution is -0.124. The quantitative estimate of drug-likeness (QED) is 0.460. The topological polar surface area (TPSA) is 99.5 Å². The largest absolute Gasteiger partial charge is 0.492 e. The number of nitrogens with zero attached hydrogens (tertiary/aromatic N) is 2. The lowest BCUT2D eigenvalue weighted by atomic mass is 10.1. The number of hydrogen-bond acceptors (Lipinski definition) is 6. The van der Waals surface area contributed by atoms with Crippen LogP contribution in [0.3, 0.4) is 0 Å². The first kappa shape index (κ1) is 24.3. The van der Waals surface area contributed by atoms with Crippen LogP contribution in [0.5, 0.6) is 5.75 Å². The van der Waals surface area contributed by atoms with Gasteiger partial charge in [0.15, 0.2) is 12.3 Å². The molecule has 0 aliphatic heterocycles. The molecule has 172 valence electrons. The van der Waals surface area contributed by atoms with Gasteiger partial charge in [0.1, 0.15) is 12.4 Å². The van der Waals surface area contributed by atoms with Gasteiger partial charge in [0.25, 0.3) is 11.5 Å². The van der Waals surface area contributed by atoms with E-state index in [4.69, 9.17) is 32.7 Å². The Morgan fingerprint density at radius 1 is 1.06 bits per heavy atom. The molecule has 0 spiro atoms. The van der Waals surface area contributed by atoms with Crippen molar-refractivity contribution in [2.45, 2.75) is 19.5 Å². The molecule has 33 heavy (non-hydrogen) atoms. The first-order valence-electron chi connectivity index (χ1n) is 10.0. The van der Waals surface area contributed by atoms with E-state index in [1.165, 1.54) is 12.1 Å². The zero-order chi connectivity index (χ0) is 23.8. The highest BCUT2D eigenvalue weighted by molar-refractivity contribution is 6.42. The van der Waals surface area contributed by atoms with E-state index < -0.39 is 24.0 Å². The molecule has 0 bridgehead atoms. The van der Waals surface area contributed by atoms with Crippen molar-refractivity contribution >= 4 is 35.1 Å². The fourth-order valence-electron chi connectivity index (χ4n) is 2.84. The Balaban J connectivity index is 1.52. The van der Waals surface area contributed by atoms with Gasteiger partial charge in [0, 0.05) is 6.07 Å². The van der Waals surface area contributed by atoms with Gasteiger partial charge in [0.2, 0.25) is 0 Å². The second kappa shape index (κ2) is 11.5. The third-order valence-corrected chi connectivity index (χ3v) is 5.29. The number of carbonyl (C=O) groups is 2. The summed E-state index contributed by atoms with van der Waals surface area (Å²) in [7, 11) is 0. The van der Waals surface area contributed by atoms with Gasteiger partial charge < -0.3 is 14.8 Å². The van der Waals surface area contributed by atoms with E-state index in [1.807, 2.05) is 18.2 Å². The SMILES string of the molecule is CC(NC(=O)COC(=O)c1ccc(=O)n(CCOc2ccccc2)n1)c1ccc(Cl)c(Cl)c1. The molecule has 1 amide bonds. The predicted octanol–water partition coefficient (Wildman–Crippen LogP) is 3.66. The van der Waals surface area contributed by atoms with Crippen molar-refractivity contribution in [1.29, 1.82) is 0 Å². The Morgan fingerprint density at radius 2 is 1.82 bits per heavy atom. The molecule has 0 saturated heterocycles. The average molecular weight is 490 g/mol. The predicted molar refractivity (Wildman–Crippen MR) is 124 cm³/mol. The number of nitrogens with one attached hydrogen (secondary N) is 1. The highest BCUT2D eigenvalue weighted by Crippen LogP contribution is 2.25. The molecule has 0 aliphatic rings. The minimum absolute atomic E-state index is 0.0976. The molecule has 0 fully saturated rings. The van der Waals surface area contributed by atoms with Crippen LogP contribution in [0.4, 0.5) is 0 Å². The summed E-state index contributed by atoms with van der Waals surface area (Å²) in [6.45, 7) is 1.57. The van der Waals surface area contributed by atoms with E-state index in [0.29, 0.717) is 15.8 Å². The fraction of sp³-hybridized carbons (Fsp3) is 0.217. The Labute approximate surface area is 200 Å². The van der Waals surface area contributed by atoms with Crippen LogP contribution in [0.2, 0.25) is 10.0 Å². The summed E-state index contributed by atoms with van der Waals surface area (Å²) in [4.78, 5) is 36.5. The van der Waals surface area contributed by atoms with Crippen molar-refractivity contribution < 1.29 is 19.1 Å². The zero-order valence-corrected chi connectivity index (χ0v) is 19.2. The van der Waals surface area contributed by atoms with Crippen molar-refractivity contribution in [3.8, 4) is 5.75 Å². The summed E-state index contributed by atoms with van der Waals surface area (Å²) in [6, 6.07) is 16.2. The van der Waals surface area contributed by atoms with E-state index >= 15 is 0 Å². The van der Waals surface area contributed by atoms with Gasteiger partial charge in [-0.2, -0.15) is 5.10 Å². The molecule has 1 heterocycles. The number of ether oxygens (including phenoxy) is 2. The molecular weight excluding hydrogens is 469 g/mol. The first-order valence-corrected chi connectivity index (χ1v) is 10.8. The Hall–Kier alpha value is -3.36.